The molecule has 2 aromatic rings. The maximum absolute atomic E-state index is 12.9. The van der Waals surface area contributed by atoms with Crippen LogP contribution in [-0.2, 0) is 4.79 Å². The van der Waals surface area contributed by atoms with E-state index in [9.17, 15) is 14.4 Å². The van der Waals surface area contributed by atoms with Crippen LogP contribution in [0.4, 0.5) is 0 Å². The zero-order chi connectivity index (χ0) is 25.2. The molecule has 1 saturated heterocycles. The van der Waals surface area contributed by atoms with Crippen molar-refractivity contribution >= 4 is 17.7 Å². The van der Waals surface area contributed by atoms with Gasteiger partial charge in [-0.05, 0) is 48.9 Å². The van der Waals surface area contributed by atoms with E-state index in [4.69, 9.17) is 14.2 Å². The number of hydrogen-bond acceptors (Lipinski definition) is 6. The van der Waals surface area contributed by atoms with Crippen LogP contribution in [-0.4, -0.2) is 81.1 Å². The van der Waals surface area contributed by atoms with Crippen molar-refractivity contribution in [3.8, 4) is 17.2 Å². The molecule has 0 aliphatic carbocycles. The Morgan fingerprint density at radius 3 is 2.11 bits per heavy atom. The molecule has 2 aromatic carbocycles. The van der Waals surface area contributed by atoms with Crippen molar-refractivity contribution in [1.82, 2.24) is 15.1 Å². The largest absolute Gasteiger partial charge is 0.494 e. The highest BCUT2D eigenvalue weighted by atomic mass is 16.5. The average Bonchev–Trinajstić information content (AvgIpc) is 2.91. The molecule has 188 valence electrons. The minimum Gasteiger partial charge on any atom is -0.494 e. The molecule has 0 radical (unpaired) electrons. The lowest BCUT2D eigenvalue weighted by molar-refractivity contribution is -0.131. The Morgan fingerprint density at radius 1 is 0.857 bits per heavy atom. The molecular formula is C26H33N3O6. The van der Waals surface area contributed by atoms with Crippen LogP contribution in [0.1, 0.15) is 40.5 Å². The lowest BCUT2D eigenvalue weighted by atomic mass is 10.1. The van der Waals surface area contributed by atoms with Crippen LogP contribution in [0.5, 0.6) is 17.2 Å². The lowest BCUT2D eigenvalue weighted by Gasteiger charge is -2.35. The molecule has 1 heterocycles. The number of methoxy groups -OCH3 is 2. The van der Waals surface area contributed by atoms with Gasteiger partial charge in [-0.2, -0.15) is 0 Å². The van der Waals surface area contributed by atoms with E-state index in [2.05, 4.69) is 12.2 Å². The third kappa shape index (κ3) is 6.88. The Morgan fingerprint density at radius 2 is 1.49 bits per heavy atom. The van der Waals surface area contributed by atoms with E-state index in [-0.39, 0.29) is 24.3 Å². The van der Waals surface area contributed by atoms with Gasteiger partial charge in [0.25, 0.3) is 11.8 Å². The van der Waals surface area contributed by atoms with E-state index in [1.165, 1.54) is 14.2 Å². The molecule has 1 aliphatic rings. The molecule has 1 N–H and O–H groups in total. The first-order valence-corrected chi connectivity index (χ1v) is 11.8. The Bertz CT molecular complexity index is 1020. The molecule has 0 aromatic heterocycles. The van der Waals surface area contributed by atoms with Gasteiger partial charge < -0.3 is 29.3 Å². The first-order chi connectivity index (χ1) is 17.0. The minimum absolute atomic E-state index is 0.1000. The molecule has 9 heteroatoms. The summed E-state index contributed by atoms with van der Waals surface area (Å²) in [6.07, 6.45) is 2.03. The number of benzene rings is 2. The second-order valence-corrected chi connectivity index (χ2v) is 8.15. The van der Waals surface area contributed by atoms with Crippen LogP contribution < -0.4 is 19.5 Å². The summed E-state index contributed by atoms with van der Waals surface area (Å²) in [5.41, 5.74) is 0.961. The number of ether oxygens (including phenoxy) is 3. The molecule has 0 bridgehead atoms. The first-order valence-electron chi connectivity index (χ1n) is 11.8. The summed E-state index contributed by atoms with van der Waals surface area (Å²) in [6.45, 7) is 4.26. The number of amides is 3. The number of nitrogens with zero attached hydrogens (tertiary/aromatic N) is 2. The van der Waals surface area contributed by atoms with Crippen molar-refractivity contribution in [1.29, 1.82) is 0 Å². The topological polar surface area (TPSA) is 97.4 Å². The van der Waals surface area contributed by atoms with Crippen molar-refractivity contribution in [2.24, 2.45) is 0 Å². The van der Waals surface area contributed by atoms with Crippen LogP contribution in [0.25, 0.3) is 0 Å². The summed E-state index contributed by atoms with van der Waals surface area (Å²) < 4.78 is 16.1. The first kappa shape index (κ1) is 25.9. The van der Waals surface area contributed by atoms with Gasteiger partial charge in [0.1, 0.15) is 5.75 Å². The fraction of sp³-hybridized carbons (Fsp3) is 0.423. The second kappa shape index (κ2) is 12.6. The zero-order valence-electron chi connectivity index (χ0n) is 20.5. The summed E-state index contributed by atoms with van der Waals surface area (Å²) in [7, 11) is 3.06. The number of hydrogen-bond donors (Lipinski definition) is 1. The highest BCUT2D eigenvalue weighted by molar-refractivity contribution is 5.97. The predicted molar refractivity (Wildman–Crippen MR) is 131 cm³/mol. The Hall–Kier alpha value is -3.75. The number of piperazine rings is 1. The van der Waals surface area contributed by atoms with Gasteiger partial charge in [0.2, 0.25) is 5.91 Å². The number of unbranched alkanes of at least 4 members (excludes halogenated alkanes) is 1. The van der Waals surface area contributed by atoms with E-state index < -0.39 is 0 Å². The molecule has 0 saturated carbocycles. The number of carbonyl (C=O) groups is 3. The van der Waals surface area contributed by atoms with Crippen molar-refractivity contribution in [2.45, 2.75) is 19.8 Å². The zero-order valence-corrected chi connectivity index (χ0v) is 20.5. The molecule has 1 fully saturated rings. The fourth-order valence-corrected chi connectivity index (χ4v) is 3.72. The van der Waals surface area contributed by atoms with Crippen molar-refractivity contribution in [3.05, 3.63) is 53.6 Å². The molecule has 1 aliphatic heterocycles. The van der Waals surface area contributed by atoms with Crippen LogP contribution in [0, 0.1) is 0 Å². The number of nitrogens with one attached hydrogen (secondary N) is 1. The van der Waals surface area contributed by atoms with Crippen LogP contribution in [0.3, 0.4) is 0 Å². The van der Waals surface area contributed by atoms with Gasteiger partial charge in [-0.15, -0.1) is 0 Å². The molecule has 3 rings (SSSR count). The summed E-state index contributed by atoms with van der Waals surface area (Å²) in [5, 5.41) is 2.67. The highest BCUT2D eigenvalue weighted by Crippen LogP contribution is 2.28. The van der Waals surface area contributed by atoms with Crippen molar-refractivity contribution < 1.29 is 28.6 Å². The molecule has 3 amide bonds. The molecule has 9 nitrogen and oxygen atoms in total. The molecule has 35 heavy (non-hydrogen) atoms. The number of carbonyl (C=O) groups excluding carboxylic acids is 3. The van der Waals surface area contributed by atoms with E-state index in [1.807, 2.05) is 0 Å². The third-order valence-electron chi connectivity index (χ3n) is 5.83. The summed E-state index contributed by atoms with van der Waals surface area (Å²) >= 11 is 0. The van der Waals surface area contributed by atoms with Gasteiger partial charge in [0.05, 0.1) is 27.4 Å². The fourth-order valence-electron chi connectivity index (χ4n) is 3.72. The maximum atomic E-state index is 12.9. The maximum Gasteiger partial charge on any atom is 0.254 e. The highest BCUT2D eigenvalue weighted by Gasteiger charge is 2.25. The summed E-state index contributed by atoms with van der Waals surface area (Å²) in [6, 6.07) is 11.9. The lowest BCUT2D eigenvalue weighted by Crippen LogP contribution is -2.52. The SMILES string of the molecule is CCCCOc1ccc(C(=O)NCC(=O)N2CCN(C(=O)c3ccc(OC)c(OC)c3)CC2)cc1. The van der Waals surface area contributed by atoms with Gasteiger partial charge in [0, 0.05) is 37.3 Å². The Balaban J connectivity index is 1.45. The quantitative estimate of drug-likeness (QED) is 0.522. The monoisotopic (exact) mass is 483 g/mol. The molecule has 0 atom stereocenters. The van der Waals surface area contributed by atoms with Crippen molar-refractivity contribution in [3.63, 3.8) is 0 Å². The van der Waals surface area contributed by atoms with Gasteiger partial charge in [0.15, 0.2) is 11.5 Å². The molecular weight excluding hydrogens is 450 g/mol. The Labute approximate surface area is 205 Å². The van der Waals surface area contributed by atoms with Gasteiger partial charge >= 0.3 is 0 Å². The van der Waals surface area contributed by atoms with Crippen LogP contribution in [0.15, 0.2) is 42.5 Å². The normalized spacial score (nSPS) is 13.2. The van der Waals surface area contributed by atoms with E-state index in [0.717, 1.165) is 12.8 Å². The second-order valence-electron chi connectivity index (χ2n) is 8.15. The smallest absolute Gasteiger partial charge is 0.254 e. The van der Waals surface area contributed by atoms with E-state index in [1.54, 1.807) is 52.3 Å². The number of rotatable bonds is 10. The summed E-state index contributed by atoms with van der Waals surface area (Å²) in [5.74, 6) is 1.12. The van der Waals surface area contributed by atoms with E-state index in [0.29, 0.717) is 61.2 Å². The third-order valence-corrected chi connectivity index (χ3v) is 5.83. The standard InChI is InChI=1S/C26H33N3O6/c1-4-5-16-35-21-9-6-19(7-10-21)25(31)27-18-24(30)28-12-14-29(15-13-28)26(32)20-8-11-22(33-2)23(17-20)34-3/h6-11,17H,4-5,12-16,18H2,1-3H3,(H,27,31). The molecule has 0 unspecified atom stereocenters. The van der Waals surface area contributed by atoms with Gasteiger partial charge in [-0.1, -0.05) is 13.3 Å². The van der Waals surface area contributed by atoms with Crippen LogP contribution >= 0.6 is 0 Å². The van der Waals surface area contributed by atoms with Gasteiger partial charge in [-0.25, -0.2) is 0 Å². The summed E-state index contributed by atoms with van der Waals surface area (Å²) in [4.78, 5) is 41.2. The minimum atomic E-state index is -0.319. The van der Waals surface area contributed by atoms with E-state index >= 15 is 0 Å². The van der Waals surface area contributed by atoms with Crippen LogP contribution in [0.2, 0.25) is 0 Å². The van der Waals surface area contributed by atoms with Gasteiger partial charge in [-0.3, -0.25) is 14.4 Å². The average molecular weight is 484 g/mol. The molecule has 0 spiro atoms. The Kier molecular flexibility index (Phi) is 9.34. The predicted octanol–water partition coefficient (Wildman–Crippen LogP) is 2.60. The van der Waals surface area contributed by atoms with Crippen molar-refractivity contribution in [2.75, 3.05) is 53.6 Å².